The van der Waals surface area contributed by atoms with Crippen molar-refractivity contribution in [3.63, 3.8) is 0 Å². The van der Waals surface area contributed by atoms with Gasteiger partial charge < -0.3 is 19.4 Å². The van der Waals surface area contributed by atoms with Crippen LogP contribution in [-0.4, -0.2) is 31.8 Å². The summed E-state index contributed by atoms with van der Waals surface area (Å²) in [6.07, 6.45) is 3.12. The zero-order valence-electron chi connectivity index (χ0n) is 10.3. The quantitative estimate of drug-likeness (QED) is 0.874. The van der Waals surface area contributed by atoms with Crippen LogP contribution in [0, 0.1) is 0 Å². The third kappa shape index (κ3) is 1.96. The Morgan fingerprint density at radius 1 is 1.68 bits per heavy atom. The van der Waals surface area contributed by atoms with E-state index in [-0.39, 0.29) is 17.9 Å². The molecule has 3 rings (SSSR count). The summed E-state index contributed by atoms with van der Waals surface area (Å²) in [7, 11) is 0. The van der Waals surface area contributed by atoms with Crippen LogP contribution in [0.2, 0.25) is 5.02 Å². The fourth-order valence-corrected chi connectivity index (χ4v) is 2.80. The van der Waals surface area contributed by atoms with Crippen LogP contribution in [0.1, 0.15) is 26.0 Å². The molecule has 7 heteroatoms. The second kappa shape index (κ2) is 4.63. The SMILES string of the molecule is CC[C@H]1O[C@@H](n2cc(Cl)c3c(=O)[nH]cnc32)C[C@@H]1O. The summed E-state index contributed by atoms with van der Waals surface area (Å²) < 4.78 is 7.49. The summed E-state index contributed by atoms with van der Waals surface area (Å²) in [5, 5.41) is 10.6. The fourth-order valence-electron chi connectivity index (χ4n) is 2.52. The average molecular weight is 284 g/mol. The number of halogens is 1. The van der Waals surface area contributed by atoms with Gasteiger partial charge in [0.25, 0.3) is 5.56 Å². The molecule has 0 saturated carbocycles. The topological polar surface area (TPSA) is 80.1 Å². The Morgan fingerprint density at radius 2 is 2.47 bits per heavy atom. The van der Waals surface area contributed by atoms with Gasteiger partial charge in [0.1, 0.15) is 11.6 Å². The maximum absolute atomic E-state index is 11.7. The van der Waals surface area contributed by atoms with Crippen LogP contribution in [0.3, 0.4) is 0 Å². The molecule has 6 nitrogen and oxygen atoms in total. The summed E-state index contributed by atoms with van der Waals surface area (Å²) in [6, 6.07) is 0. The second-order valence-electron chi connectivity index (χ2n) is 4.66. The molecule has 0 aromatic carbocycles. The van der Waals surface area contributed by atoms with Crippen molar-refractivity contribution in [2.45, 2.75) is 38.2 Å². The van der Waals surface area contributed by atoms with Gasteiger partial charge in [-0.15, -0.1) is 0 Å². The van der Waals surface area contributed by atoms with Crippen molar-refractivity contribution < 1.29 is 9.84 Å². The molecule has 0 radical (unpaired) electrons. The van der Waals surface area contributed by atoms with Crippen LogP contribution in [0.15, 0.2) is 17.3 Å². The van der Waals surface area contributed by atoms with Gasteiger partial charge in [0.05, 0.1) is 23.6 Å². The molecular formula is C12H14ClN3O3. The number of hydrogen-bond acceptors (Lipinski definition) is 4. The van der Waals surface area contributed by atoms with Gasteiger partial charge in [0, 0.05) is 12.6 Å². The van der Waals surface area contributed by atoms with E-state index >= 15 is 0 Å². The number of H-pyrrole nitrogens is 1. The van der Waals surface area contributed by atoms with Gasteiger partial charge in [-0.05, 0) is 6.42 Å². The molecule has 1 fully saturated rings. The maximum Gasteiger partial charge on any atom is 0.261 e. The Kier molecular flexibility index (Phi) is 3.08. The highest BCUT2D eigenvalue weighted by Crippen LogP contribution is 2.34. The number of hydrogen-bond donors (Lipinski definition) is 2. The van der Waals surface area contributed by atoms with Gasteiger partial charge in [-0.25, -0.2) is 4.98 Å². The van der Waals surface area contributed by atoms with Crippen LogP contribution >= 0.6 is 11.6 Å². The maximum atomic E-state index is 11.7. The van der Waals surface area contributed by atoms with E-state index in [0.717, 1.165) is 6.42 Å². The first-order valence-electron chi connectivity index (χ1n) is 6.19. The smallest absolute Gasteiger partial charge is 0.261 e. The number of rotatable bonds is 2. The Balaban J connectivity index is 2.08. The fraction of sp³-hybridized carbons (Fsp3) is 0.500. The summed E-state index contributed by atoms with van der Waals surface area (Å²) in [5.74, 6) is 0. The van der Waals surface area contributed by atoms with E-state index in [4.69, 9.17) is 16.3 Å². The normalized spacial score (nSPS) is 27.2. The second-order valence-corrected chi connectivity index (χ2v) is 5.06. The largest absolute Gasteiger partial charge is 0.390 e. The minimum Gasteiger partial charge on any atom is -0.390 e. The molecule has 2 aromatic heterocycles. The van der Waals surface area contributed by atoms with E-state index in [9.17, 15) is 9.90 Å². The molecule has 0 amide bonds. The molecule has 2 N–H and O–H groups in total. The Morgan fingerprint density at radius 3 is 3.16 bits per heavy atom. The van der Waals surface area contributed by atoms with Crippen molar-refractivity contribution in [2.75, 3.05) is 0 Å². The van der Waals surface area contributed by atoms with Crippen molar-refractivity contribution in [1.82, 2.24) is 14.5 Å². The lowest BCUT2D eigenvalue weighted by Crippen LogP contribution is -2.19. The number of nitrogens with zero attached hydrogens (tertiary/aromatic N) is 2. The predicted molar refractivity (Wildman–Crippen MR) is 70.2 cm³/mol. The lowest BCUT2D eigenvalue weighted by Gasteiger charge is -2.14. The lowest BCUT2D eigenvalue weighted by molar-refractivity contribution is -0.0180. The molecule has 102 valence electrons. The zero-order chi connectivity index (χ0) is 13.6. The molecule has 2 aromatic rings. The van der Waals surface area contributed by atoms with Crippen LogP contribution in [0.4, 0.5) is 0 Å². The predicted octanol–water partition coefficient (Wildman–Crippen LogP) is 1.44. The number of aromatic amines is 1. The third-order valence-corrected chi connectivity index (χ3v) is 3.77. The molecule has 0 unspecified atom stereocenters. The number of aliphatic hydroxyl groups is 1. The molecule has 0 aliphatic carbocycles. The number of ether oxygens (including phenoxy) is 1. The molecule has 0 spiro atoms. The van der Waals surface area contributed by atoms with E-state index in [0.29, 0.717) is 22.5 Å². The summed E-state index contributed by atoms with van der Waals surface area (Å²) in [5.41, 5.74) is 0.196. The van der Waals surface area contributed by atoms with Gasteiger partial charge >= 0.3 is 0 Å². The highest BCUT2D eigenvalue weighted by Gasteiger charge is 2.34. The Bertz CT molecular complexity index is 666. The molecule has 0 bridgehead atoms. The summed E-state index contributed by atoms with van der Waals surface area (Å²) in [6.45, 7) is 1.96. The van der Waals surface area contributed by atoms with Crippen molar-refractivity contribution in [3.8, 4) is 0 Å². The van der Waals surface area contributed by atoms with E-state index in [1.54, 1.807) is 10.8 Å². The first-order valence-corrected chi connectivity index (χ1v) is 6.57. The molecule has 1 aliphatic heterocycles. The standard InChI is InChI=1S/C12H14ClN3O3/c1-2-8-7(17)3-9(19-8)16-4-6(13)10-11(16)14-5-15-12(10)18/h4-5,7-9,17H,2-3H2,1H3,(H,14,15,18)/t7-,8+,9+/m0/s1. The summed E-state index contributed by atoms with van der Waals surface area (Å²) >= 11 is 6.07. The van der Waals surface area contributed by atoms with Crippen LogP contribution in [0.25, 0.3) is 11.0 Å². The van der Waals surface area contributed by atoms with E-state index in [2.05, 4.69) is 9.97 Å². The van der Waals surface area contributed by atoms with Gasteiger partial charge in [-0.3, -0.25) is 4.79 Å². The number of aliphatic hydroxyl groups excluding tert-OH is 1. The van der Waals surface area contributed by atoms with Crippen molar-refractivity contribution >= 4 is 22.6 Å². The molecule has 1 aliphatic rings. The van der Waals surface area contributed by atoms with Crippen molar-refractivity contribution in [1.29, 1.82) is 0 Å². The van der Waals surface area contributed by atoms with Crippen molar-refractivity contribution in [3.05, 3.63) is 27.9 Å². The van der Waals surface area contributed by atoms with E-state index < -0.39 is 6.10 Å². The number of aromatic nitrogens is 3. The van der Waals surface area contributed by atoms with Gasteiger partial charge in [0.15, 0.2) is 5.65 Å². The highest BCUT2D eigenvalue weighted by atomic mass is 35.5. The van der Waals surface area contributed by atoms with Gasteiger partial charge in [-0.2, -0.15) is 0 Å². The molecular weight excluding hydrogens is 270 g/mol. The first kappa shape index (κ1) is 12.7. The van der Waals surface area contributed by atoms with Crippen LogP contribution in [0.5, 0.6) is 0 Å². The molecule has 3 heterocycles. The van der Waals surface area contributed by atoms with Gasteiger partial charge in [0.2, 0.25) is 0 Å². The highest BCUT2D eigenvalue weighted by molar-refractivity contribution is 6.35. The molecule has 1 saturated heterocycles. The Hall–Kier alpha value is -1.37. The van der Waals surface area contributed by atoms with Crippen LogP contribution in [-0.2, 0) is 4.74 Å². The van der Waals surface area contributed by atoms with Crippen LogP contribution < -0.4 is 5.56 Å². The summed E-state index contributed by atoms with van der Waals surface area (Å²) in [4.78, 5) is 18.4. The zero-order valence-corrected chi connectivity index (χ0v) is 11.1. The Labute approximate surface area is 114 Å². The van der Waals surface area contributed by atoms with Gasteiger partial charge in [-0.1, -0.05) is 18.5 Å². The van der Waals surface area contributed by atoms with E-state index in [1.165, 1.54) is 6.33 Å². The monoisotopic (exact) mass is 283 g/mol. The van der Waals surface area contributed by atoms with E-state index in [1.807, 2.05) is 6.92 Å². The average Bonchev–Trinajstić information content (AvgIpc) is 2.91. The third-order valence-electron chi connectivity index (χ3n) is 3.49. The minimum absolute atomic E-state index is 0.191. The van der Waals surface area contributed by atoms with Crippen molar-refractivity contribution in [2.24, 2.45) is 0 Å². The molecule has 19 heavy (non-hydrogen) atoms. The minimum atomic E-state index is -0.506. The first-order chi connectivity index (χ1) is 9.11. The molecule has 3 atom stereocenters. The number of nitrogens with one attached hydrogen (secondary N) is 1. The number of fused-ring (bicyclic) bond motifs is 1. The lowest BCUT2D eigenvalue weighted by atomic mass is 10.1.